The highest BCUT2D eigenvalue weighted by Crippen LogP contribution is 2.33. The van der Waals surface area contributed by atoms with E-state index in [1.54, 1.807) is 24.3 Å². The molecule has 1 N–H and O–H groups in total. The van der Waals surface area contributed by atoms with Gasteiger partial charge in [-0.3, -0.25) is 0 Å². The summed E-state index contributed by atoms with van der Waals surface area (Å²) in [6.45, 7) is 1.55. The number of benzene rings is 2. The highest BCUT2D eigenvalue weighted by molar-refractivity contribution is 7.60. The molecule has 0 saturated heterocycles. The van der Waals surface area contributed by atoms with Crippen molar-refractivity contribution in [3.05, 3.63) is 69.2 Å². The van der Waals surface area contributed by atoms with E-state index in [0.717, 1.165) is 11.6 Å². The molecule has 0 amide bonds. The monoisotopic (exact) mass is 440 g/mol. The summed E-state index contributed by atoms with van der Waals surface area (Å²) in [6.07, 6.45) is -4.49. The SMILES string of the molecule is C/C(=N\OCc1ccc(Cl)cc1)c1cc(Cl)ccc1C(F)(F)F.N=S(=O)=O. The van der Waals surface area contributed by atoms with Crippen molar-refractivity contribution in [3.8, 4) is 0 Å². The number of rotatable bonds is 4. The number of alkyl halides is 3. The van der Waals surface area contributed by atoms with E-state index in [9.17, 15) is 13.2 Å². The zero-order chi connectivity index (χ0) is 20.6. The quantitative estimate of drug-likeness (QED) is 0.497. The maximum absolute atomic E-state index is 13.0. The Labute approximate surface area is 164 Å². The van der Waals surface area contributed by atoms with Gasteiger partial charge in [-0.15, -0.1) is 0 Å². The molecular formula is C16H13Cl2F3N2O3S. The second-order valence-corrected chi connectivity index (χ2v) is 6.34. The van der Waals surface area contributed by atoms with Crippen LogP contribution in [0.25, 0.3) is 0 Å². The molecule has 0 radical (unpaired) electrons. The molecule has 27 heavy (non-hydrogen) atoms. The minimum atomic E-state index is -4.49. The fourth-order valence-corrected chi connectivity index (χ4v) is 2.19. The van der Waals surface area contributed by atoms with Crippen molar-refractivity contribution in [3.63, 3.8) is 0 Å². The first-order chi connectivity index (χ1) is 12.5. The summed E-state index contributed by atoms with van der Waals surface area (Å²) in [5.41, 5.74) is -0.0266. The molecule has 0 aliphatic carbocycles. The lowest BCUT2D eigenvalue weighted by Crippen LogP contribution is -2.12. The van der Waals surface area contributed by atoms with Gasteiger partial charge < -0.3 is 4.84 Å². The molecule has 0 heterocycles. The predicted octanol–water partition coefficient (Wildman–Crippen LogP) is 5.58. The number of hydrogen-bond donors (Lipinski definition) is 1. The third-order valence-corrected chi connectivity index (χ3v) is 3.51. The second kappa shape index (κ2) is 10.3. The third kappa shape index (κ3) is 8.42. The summed E-state index contributed by atoms with van der Waals surface area (Å²) in [4.78, 5) is 5.12. The van der Waals surface area contributed by atoms with Crippen LogP contribution in [-0.4, -0.2) is 14.1 Å². The normalized spacial score (nSPS) is 11.4. The van der Waals surface area contributed by atoms with E-state index in [-0.39, 0.29) is 22.9 Å². The van der Waals surface area contributed by atoms with Crippen LogP contribution < -0.4 is 0 Å². The fourth-order valence-electron chi connectivity index (χ4n) is 1.90. The van der Waals surface area contributed by atoms with Gasteiger partial charge in [-0.25, -0.2) is 0 Å². The molecule has 0 aliphatic heterocycles. The first kappa shape index (κ1) is 22.9. The van der Waals surface area contributed by atoms with Crippen molar-refractivity contribution >= 4 is 39.4 Å². The minimum Gasteiger partial charge on any atom is -0.391 e. The average molecular weight is 441 g/mol. The standard InChI is InChI=1S/C16H12Cl2F3NO.HNO2S/c1-10(22-23-9-11-2-4-12(17)5-3-11)14-8-13(18)6-7-15(14)16(19,20)21;1-4(2)3/h2-8H,9H2,1H3;1H/b22-10+;. The molecule has 11 heteroatoms. The Balaban J connectivity index is 0.000000828. The molecule has 2 aromatic rings. The van der Waals surface area contributed by atoms with Gasteiger partial charge in [0.2, 0.25) is 0 Å². The van der Waals surface area contributed by atoms with Gasteiger partial charge >= 0.3 is 16.7 Å². The van der Waals surface area contributed by atoms with E-state index in [1.165, 1.54) is 19.1 Å². The van der Waals surface area contributed by atoms with E-state index >= 15 is 0 Å². The number of hydrogen-bond acceptors (Lipinski definition) is 5. The molecule has 2 aromatic carbocycles. The lowest BCUT2D eigenvalue weighted by molar-refractivity contribution is -0.137. The number of oxime groups is 1. The Hall–Kier alpha value is -2.10. The third-order valence-electron chi connectivity index (χ3n) is 3.02. The zero-order valence-electron chi connectivity index (χ0n) is 13.7. The molecule has 0 aliphatic rings. The topological polar surface area (TPSA) is 79.6 Å². The summed E-state index contributed by atoms with van der Waals surface area (Å²) >= 11 is 11.5. The Kier molecular flexibility index (Phi) is 8.74. The van der Waals surface area contributed by atoms with Crippen LogP contribution in [0.1, 0.15) is 23.6 Å². The van der Waals surface area contributed by atoms with Gasteiger partial charge in [0.05, 0.1) is 11.3 Å². The summed E-state index contributed by atoms with van der Waals surface area (Å²) in [6, 6.07) is 10.2. The first-order valence-corrected chi connectivity index (χ1v) is 8.92. The molecule has 0 unspecified atom stereocenters. The Bertz CT molecular complexity index is 909. The van der Waals surface area contributed by atoms with Gasteiger partial charge in [0.15, 0.2) is 0 Å². The number of nitrogens with one attached hydrogen (secondary N) is 1. The molecular weight excluding hydrogens is 428 g/mol. The molecule has 0 spiro atoms. The summed E-state index contributed by atoms with van der Waals surface area (Å²) in [5, 5.41) is 4.53. The van der Waals surface area contributed by atoms with Crippen LogP contribution in [0.15, 0.2) is 47.6 Å². The van der Waals surface area contributed by atoms with Gasteiger partial charge in [-0.2, -0.15) is 26.4 Å². The highest BCUT2D eigenvalue weighted by atomic mass is 35.5. The van der Waals surface area contributed by atoms with E-state index in [2.05, 4.69) is 5.16 Å². The molecule has 0 atom stereocenters. The van der Waals surface area contributed by atoms with Crippen LogP contribution >= 0.6 is 23.2 Å². The summed E-state index contributed by atoms with van der Waals surface area (Å²) in [7, 11) is -2.61. The van der Waals surface area contributed by atoms with E-state index in [4.69, 9.17) is 41.2 Å². The Morgan fingerprint density at radius 1 is 1.11 bits per heavy atom. The van der Waals surface area contributed by atoms with Gasteiger partial charge in [0, 0.05) is 15.6 Å². The molecule has 0 aromatic heterocycles. The van der Waals surface area contributed by atoms with Crippen LogP contribution in [0.4, 0.5) is 13.2 Å². The molecule has 146 valence electrons. The van der Waals surface area contributed by atoms with Crippen LogP contribution in [0.5, 0.6) is 0 Å². The average Bonchev–Trinajstić information content (AvgIpc) is 2.55. The van der Waals surface area contributed by atoms with Gasteiger partial charge in [0.1, 0.15) is 6.61 Å². The zero-order valence-corrected chi connectivity index (χ0v) is 16.0. The minimum absolute atomic E-state index is 0.0915. The van der Waals surface area contributed by atoms with Crippen molar-refractivity contribution in [2.75, 3.05) is 0 Å². The van der Waals surface area contributed by atoms with Crippen LogP contribution in [0, 0.1) is 4.78 Å². The second-order valence-electron chi connectivity index (χ2n) is 5.00. The number of nitrogens with zero attached hydrogens (tertiary/aromatic N) is 1. The van der Waals surface area contributed by atoms with Crippen molar-refractivity contribution < 1.29 is 26.4 Å². The Morgan fingerprint density at radius 2 is 1.63 bits per heavy atom. The van der Waals surface area contributed by atoms with Gasteiger partial charge in [0.25, 0.3) is 0 Å². The van der Waals surface area contributed by atoms with Crippen molar-refractivity contribution in [2.45, 2.75) is 19.7 Å². The summed E-state index contributed by atoms with van der Waals surface area (Å²) < 4.78 is 61.9. The fraction of sp³-hybridized carbons (Fsp3) is 0.188. The summed E-state index contributed by atoms with van der Waals surface area (Å²) in [5.74, 6) is 0. The van der Waals surface area contributed by atoms with E-state index in [1.807, 2.05) is 0 Å². The van der Waals surface area contributed by atoms with Crippen LogP contribution in [-0.2, 0) is 28.1 Å². The van der Waals surface area contributed by atoms with Gasteiger partial charge in [-0.1, -0.05) is 40.5 Å². The van der Waals surface area contributed by atoms with Crippen molar-refractivity contribution in [1.29, 1.82) is 4.78 Å². The molecule has 0 saturated carbocycles. The van der Waals surface area contributed by atoms with Crippen LogP contribution in [0.3, 0.4) is 0 Å². The molecule has 0 bridgehead atoms. The van der Waals surface area contributed by atoms with E-state index in [0.29, 0.717) is 5.02 Å². The first-order valence-electron chi connectivity index (χ1n) is 7.09. The van der Waals surface area contributed by atoms with Crippen molar-refractivity contribution in [1.82, 2.24) is 0 Å². The van der Waals surface area contributed by atoms with Crippen molar-refractivity contribution in [2.24, 2.45) is 5.16 Å². The highest BCUT2D eigenvalue weighted by Gasteiger charge is 2.34. The lowest BCUT2D eigenvalue weighted by Gasteiger charge is -2.12. The maximum Gasteiger partial charge on any atom is 0.417 e. The van der Waals surface area contributed by atoms with Crippen LogP contribution in [0.2, 0.25) is 10.0 Å². The number of halogens is 5. The molecule has 2 rings (SSSR count). The smallest absolute Gasteiger partial charge is 0.391 e. The lowest BCUT2D eigenvalue weighted by atomic mass is 10.0. The van der Waals surface area contributed by atoms with Gasteiger partial charge in [-0.05, 0) is 42.8 Å². The molecule has 5 nitrogen and oxygen atoms in total. The predicted molar refractivity (Wildman–Crippen MR) is 96.5 cm³/mol. The Morgan fingerprint density at radius 3 is 2.15 bits per heavy atom. The van der Waals surface area contributed by atoms with E-state index < -0.39 is 22.2 Å². The molecule has 0 fully saturated rings. The maximum atomic E-state index is 13.0. The largest absolute Gasteiger partial charge is 0.417 e.